The lowest BCUT2D eigenvalue weighted by Gasteiger charge is -2.17. The zero-order chi connectivity index (χ0) is 13.4. The molecule has 18 heavy (non-hydrogen) atoms. The summed E-state index contributed by atoms with van der Waals surface area (Å²) in [7, 11) is 0. The average molecular weight is 252 g/mol. The van der Waals surface area contributed by atoms with Crippen molar-refractivity contribution in [3.63, 3.8) is 0 Å². The molecular formula is C12H20N4O2. The molecule has 1 rings (SSSR count). The minimum absolute atomic E-state index is 0.234. The standard InChI is InChI=1S/C12H20N4O2/c1-3-16(4-2)9-5-8-13-12(18)10-6-7-11(17)15-14-10/h6-7H,3-5,8-9H2,1-2H3,(H,13,18)(H,15,17). The molecule has 2 N–H and O–H groups in total. The first-order valence-corrected chi connectivity index (χ1v) is 6.23. The van der Waals surface area contributed by atoms with E-state index >= 15 is 0 Å². The van der Waals surface area contributed by atoms with Crippen molar-refractivity contribution < 1.29 is 4.79 Å². The summed E-state index contributed by atoms with van der Waals surface area (Å²) >= 11 is 0. The number of aromatic amines is 1. The molecule has 0 fully saturated rings. The number of aromatic nitrogens is 2. The number of H-pyrrole nitrogens is 1. The van der Waals surface area contributed by atoms with Crippen molar-refractivity contribution in [3.05, 3.63) is 28.2 Å². The maximum absolute atomic E-state index is 11.6. The largest absolute Gasteiger partial charge is 0.351 e. The topological polar surface area (TPSA) is 78.1 Å². The first-order chi connectivity index (χ1) is 8.67. The SMILES string of the molecule is CCN(CC)CCCNC(=O)c1ccc(=O)[nH]n1. The highest BCUT2D eigenvalue weighted by atomic mass is 16.2. The minimum Gasteiger partial charge on any atom is -0.351 e. The third-order valence-corrected chi connectivity index (χ3v) is 2.74. The predicted octanol–water partition coefficient (Wildman–Crippen LogP) is 0.232. The van der Waals surface area contributed by atoms with Crippen molar-refractivity contribution in [3.8, 4) is 0 Å². The third-order valence-electron chi connectivity index (χ3n) is 2.74. The number of carbonyl (C=O) groups is 1. The zero-order valence-corrected chi connectivity index (χ0v) is 10.9. The molecule has 6 heteroatoms. The van der Waals surface area contributed by atoms with E-state index in [-0.39, 0.29) is 17.2 Å². The van der Waals surface area contributed by atoms with E-state index in [0.29, 0.717) is 6.54 Å². The van der Waals surface area contributed by atoms with Gasteiger partial charge in [-0.05, 0) is 32.1 Å². The highest BCUT2D eigenvalue weighted by molar-refractivity contribution is 5.91. The Morgan fingerprint density at radius 1 is 1.39 bits per heavy atom. The number of hydrogen-bond donors (Lipinski definition) is 2. The van der Waals surface area contributed by atoms with Crippen molar-refractivity contribution in [2.24, 2.45) is 0 Å². The van der Waals surface area contributed by atoms with Crippen LogP contribution in [0.5, 0.6) is 0 Å². The van der Waals surface area contributed by atoms with Gasteiger partial charge in [-0.1, -0.05) is 13.8 Å². The van der Waals surface area contributed by atoms with Gasteiger partial charge in [0.2, 0.25) is 0 Å². The Balaban J connectivity index is 2.29. The molecule has 1 aromatic rings. The van der Waals surface area contributed by atoms with E-state index in [2.05, 4.69) is 34.3 Å². The zero-order valence-electron chi connectivity index (χ0n) is 10.9. The molecule has 0 saturated heterocycles. The summed E-state index contributed by atoms with van der Waals surface area (Å²) < 4.78 is 0. The summed E-state index contributed by atoms with van der Waals surface area (Å²) in [6.07, 6.45) is 0.900. The van der Waals surface area contributed by atoms with Gasteiger partial charge in [-0.25, -0.2) is 5.10 Å². The Morgan fingerprint density at radius 2 is 2.11 bits per heavy atom. The van der Waals surface area contributed by atoms with Crippen molar-refractivity contribution in [1.29, 1.82) is 0 Å². The average Bonchev–Trinajstić information content (AvgIpc) is 2.39. The lowest BCUT2D eigenvalue weighted by atomic mass is 10.3. The van der Waals surface area contributed by atoms with Crippen LogP contribution in [-0.2, 0) is 0 Å². The number of nitrogens with zero attached hydrogens (tertiary/aromatic N) is 2. The van der Waals surface area contributed by atoms with Crippen LogP contribution in [0.3, 0.4) is 0 Å². The van der Waals surface area contributed by atoms with Crippen LogP contribution in [0.2, 0.25) is 0 Å². The van der Waals surface area contributed by atoms with E-state index in [0.717, 1.165) is 26.1 Å². The second-order valence-electron chi connectivity index (χ2n) is 3.94. The summed E-state index contributed by atoms with van der Waals surface area (Å²) in [5, 5.41) is 8.67. The summed E-state index contributed by atoms with van der Waals surface area (Å²) in [5.41, 5.74) is -0.0782. The monoisotopic (exact) mass is 252 g/mol. The first-order valence-electron chi connectivity index (χ1n) is 6.23. The van der Waals surface area contributed by atoms with E-state index in [1.807, 2.05) is 0 Å². The Morgan fingerprint density at radius 3 is 2.67 bits per heavy atom. The van der Waals surface area contributed by atoms with Gasteiger partial charge in [0.05, 0.1) is 0 Å². The van der Waals surface area contributed by atoms with Crippen LogP contribution < -0.4 is 10.9 Å². The first kappa shape index (κ1) is 14.4. The summed E-state index contributed by atoms with van der Waals surface area (Å²) in [4.78, 5) is 24.7. The van der Waals surface area contributed by atoms with Gasteiger partial charge in [0.25, 0.3) is 11.5 Å². The molecule has 0 aromatic carbocycles. The fraction of sp³-hybridized carbons (Fsp3) is 0.583. The molecule has 0 atom stereocenters. The van der Waals surface area contributed by atoms with Gasteiger partial charge in [-0.15, -0.1) is 0 Å². The molecule has 0 saturated carbocycles. The maximum Gasteiger partial charge on any atom is 0.271 e. The molecule has 0 aliphatic heterocycles. The highest BCUT2D eigenvalue weighted by Crippen LogP contribution is 1.91. The molecule has 6 nitrogen and oxygen atoms in total. The second-order valence-corrected chi connectivity index (χ2v) is 3.94. The van der Waals surface area contributed by atoms with Crippen LogP contribution in [0.25, 0.3) is 0 Å². The van der Waals surface area contributed by atoms with Gasteiger partial charge in [-0.3, -0.25) is 9.59 Å². The van der Waals surface area contributed by atoms with E-state index in [1.165, 1.54) is 12.1 Å². The Labute approximate surface area is 106 Å². The van der Waals surface area contributed by atoms with Gasteiger partial charge in [0.15, 0.2) is 0 Å². The molecule has 0 spiro atoms. The lowest BCUT2D eigenvalue weighted by Crippen LogP contribution is -2.30. The van der Waals surface area contributed by atoms with E-state index < -0.39 is 0 Å². The van der Waals surface area contributed by atoms with Crippen molar-refractivity contribution >= 4 is 5.91 Å². The van der Waals surface area contributed by atoms with Gasteiger partial charge in [0.1, 0.15) is 5.69 Å². The number of rotatable bonds is 7. The molecule has 0 aliphatic carbocycles. The lowest BCUT2D eigenvalue weighted by molar-refractivity contribution is 0.0945. The maximum atomic E-state index is 11.6. The van der Waals surface area contributed by atoms with E-state index in [1.54, 1.807) is 0 Å². The van der Waals surface area contributed by atoms with Crippen LogP contribution in [0, 0.1) is 0 Å². The van der Waals surface area contributed by atoms with Crippen molar-refractivity contribution in [2.45, 2.75) is 20.3 Å². The molecule has 0 bridgehead atoms. The molecule has 1 heterocycles. The van der Waals surface area contributed by atoms with E-state index in [4.69, 9.17) is 0 Å². The Kier molecular flexibility index (Phi) is 6.07. The van der Waals surface area contributed by atoms with Gasteiger partial charge in [-0.2, -0.15) is 5.10 Å². The number of carbonyl (C=O) groups excluding carboxylic acids is 1. The van der Waals surface area contributed by atoms with Crippen LogP contribution in [-0.4, -0.2) is 47.2 Å². The van der Waals surface area contributed by atoms with Crippen molar-refractivity contribution in [1.82, 2.24) is 20.4 Å². The molecule has 1 aromatic heterocycles. The number of nitrogens with one attached hydrogen (secondary N) is 2. The summed E-state index contributed by atoms with van der Waals surface area (Å²) in [6, 6.07) is 2.70. The molecule has 0 aliphatic rings. The fourth-order valence-electron chi connectivity index (χ4n) is 1.61. The third kappa shape index (κ3) is 4.67. The van der Waals surface area contributed by atoms with Gasteiger partial charge >= 0.3 is 0 Å². The van der Waals surface area contributed by atoms with Crippen LogP contribution in [0.1, 0.15) is 30.8 Å². The predicted molar refractivity (Wildman–Crippen MR) is 69.6 cm³/mol. The van der Waals surface area contributed by atoms with Gasteiger partial charge < -0.3 is 10.2 Å². The summed E-state index contributed by atoms with van der Waals surface area (Å²) in [6.45, 7) is 7.85. The van der Waals surface area contributed by atoms with Crippen LogP contribution in [0.4, 0.5) is 0 Å². The Hall–Kier alpha value is -1.69. The number of amides is 1. The highest BCUT2D eigenvalue weighted by Gasteiger charge is 2.06. The molecule has 0 unspecified atom stereocenters. The normalized spacial score (nSPS) is 10.6. The van der Waals surface area contributed by atoms with E-state index in [9.17, 15) is 9.59 Å². The quantitative estimate of drug-likeness (QED) is 0.681. The van der Waals surface area contributed by atoms with Gasteiger partial charge in [0, 0.05) is 12.6 Å². The molecule has 100 valence electrons. The second kappa shape index (κ2) is 7.60. The number of hydrogen-bond acceptors (Lipinski definition) is 4. The summed E-state index contributed by atoms with van der Waals surface area (Å²) in [5.74, 6) is -0.259. The Bertz CT molecular complexity index is 406. The minimum atomic E-state index is -0.312. The molecule has 0 radical (unpaired) electrons. The smallest absolute Gasteiger partial charge is 0.271 e. The fourth-order valence-corrected chi connectivity index (χ4v) is 1.61. The van der Waals surface area contributed by atoms with Crippen molar-refractivity contribution in [2.75, 3.05) is 26.2 Å². The molecular weight excluding hydrogens is 232 g/mol. The molecule has 1 amide bonds. The van der Waals surface area contributed by atoms with Crippen LogP contribution >= 0.6 is 0 Å². The van der Waals surface area contributed by atoms with Crippen LogP contribution in [0.15, 0.2) is 16.9 Å².